The number of rotatable bonds is 10. The Bertz CT molecular complexity index is 338. The maximum atomic E-state index is 10.3. The first-order valence-corrected chi connectivity index (χ1v) is 8.72. The molecule has 22 heavy (non-hydrogen) atoms. The highest BCUT2D eigenvalue weighted by atomic mass is 16.3. The van der Waals surface area contributed by atoms with Crippen molar-refractivity contribution in [1.82, 2.24) is 19.6 Å². The van der Waals surface area contributed by atoms with Crippen LogP contribution in [0, 0.1) is 0 Å². The summed E-state index contributed by atoms with van der Waals surface area (Å²) in [5.41, 5.74) is 0. The highest BCUT2D eigenvalue weighted by Crippen LogP contribution is 2.11. The fourth-order valence-corrected chi connectivity index (χ4v) is 2.88. The first-order chi connectivity index (χ1) is 10.7. The smallest absolute Gasteiger partial charge is 0.0894 e. The van der Waals surface area contributed by atoms with Crippen molar-refractivity contribution >= 4 is 0 Å². The fourth-order valence-electron chi connectivity index (χ4n) is 2.88. The van der Waals surface area contributed by atoms with Crippen LogP contribution in [0.4, 0.5) is 0 Å². The molecule has 0 saturated carbocycles. The van der Waals surface area contributed by atoms with Crippen molar-refractivity contribution in [3.8, 4) is 0 Å². The van der Waals surface area contributed by atoms with E-state index in [2.05, 4.69) is 58.2 Å². The van der Waals surface area contributed by atoms with Crippen molar-refractivity contribution in [1.29, 1.82) is 0 Å². The van der Waals surface area contributed by atoms with Gasteiger partial charge in [-0.25, -0.2) is 0 Å². The number of hydrogen-bond donors (Lipinski definition) is 1. The predicted octanol–water partition coefficient (Wildman–Crippen LogP) is 2.04. The minimum atomic E-state index is -0.313. The molecule has 5 nitrogen and oxygen atoms in total. The van der Waals surface area contributed by atoms with Gasteiger partial charge in [-0.05, 0) is 12.8 Å². The lowest BCUT2D eigenvalue weighted by molar-refractivity contribution is 0.0902. The number of nitrogens with zero attached hydrogens (tertiary/aromatic N) is 4. The molecule has 0 fully saturated rings. The molecule has 2 heterocycles. The number of β-amino-alcohol motifs (C(OH)–C–C–N with tert-alkyl or cyclic N) is 1. The van der Waals surface area contributed by atoms with E-state index >= 15 is 0 Å². The van der Waals surface area contributed by atoms with Crippen molar-refractivity contribution in [3.63, 3.8) is 0 Å². The molecule has 0 radical (unpaired) electrons. The van der Waals surface area contributed by atoms with E-state index in [1.807, 2.05) is 0 Å². The van der Waals surface area contributed by atoms with Crippen LogP contribution in [0.1, 0.15) is 39.5 Å². The second-order valence-corrected chi connectivity index (χ2v) is 6.41. The highest BCUT2D eigenvalue weighted by Gasteiger charge is 2.19. The average Bonchev–Trinajstić information content (AvgIpc) is 3.12. The van der Waals surface area contributed by atoms with Gasteiger partial charge in [-0.3, -0.25) is 0 Å². The highest BCUT2D eigenvalue weighted by molar-refractivity contribution is 4.94. The number of aliphatic hydroxyl groups excluding tert-OH is 1. The molecule has 0 saturated heterocycles. The van der Waals surface area contributed by atoms with Gasteiger partial charge in [-0.15, -0.1) is 0 Å². The zero-order valence-corrected chi connectivity index (χ0v) is 14.2. The zero-order valence-electron chi connectivity index (χ0n) is 14.2. The quantitative estimate of drug-likeness (QED) is 0.668. The lowest BCUT2D eigenvalue weighted by atomic mass is 10.3. The average molecular weight is 308 g/mol. The Balaban J connectivity index is 1.62. The van der Waals surface area contributed by atoms with Gasteiger partial charge in [-0.2, -0.15) is 0 Å². The summed E-state index contributed by atoms with van der Waals surface area (Å²) in [5.74, 6) is 0. The molecule has 2 aliphatic rings. The Morgan fingerprint density at radius 3 is 1.59 bits per heavy atom. The molecule has 0 unspecified atom stereocenters. The van der Waals surface area contributed by atoms with Crippen LogP contribution < -0.4 is 0 Å². The standard InChI is InChI=1S/C17H32N4O/c1-3-5-7-18-9-11-20(15-18)13-17(22)14-21-12-10-19(16-21)8-6-4-2/h9-12,17,22H,3-8,13-16H2,1-2H3. The molecular weight excluding hydrogens is 276 g/mol. The van der Waals surface area contributed by atoms with Crippen LogP contribution in [-0.4, -0.2) is 70.3 Å². The van der Waals surface area contributed by atoms with Gasteiger partial charge in [0.15, 0.2) is 0 Å². The molecule has 0 amide bonds. The maximum Gasteiger partial charge on any atom is 0.0894 e. The van der Waals surface area contributed by atoms with Crippen molar-refractivity contribution < 1.29 is 5.11 Å². The molecule has 2 aliphatic heterocycles. The van der Waals surface area contributed by atoms with Crippen molar-refractivity contribution in [2.75, 3.05) is 39.5 Å². The Labute approximate surface area is 135 Å². The third-order valence-electron chi connectivity index (χ3n) is 4.19. The Hall–Kier alpha value is -1.36. The van der Waals surface area contributed by atoms with Gasteiger partial charge in [0.25, 0.3) is 0 Å². The second kappa shape index (κ2) is 8.93. The summed E-state index contributed by atoms with van der Waals surface area (Å²) in [7, 11) is 0. The predicted molar refractivity (Wildman–Crippen MR) is 90.7 cm³/mol. The summed E-state index contributed by atoms with van der Waals surface area (Å²) in [6, 6.07) is 0. The number of aliphatic hydroxyl groups is 1. The summed E-state index contributed by atoms with van der Waals surface area (Å²) >= 11 is 0. The van der Waals surface area contributed by atoms with Crippen LogP contribution in [-0.2, 0) is 0 Å². The Morgan fingerprint density at radius 2 is 1.18 bits per heavy atom. The summed E-state index contributed by atoms with van der Waals surface area (Å²) in [4.78, 5) is 9.04. The first-order valence-electron chi connectivity index (χ1n) is 8.72. The van der Waals surface area contributed by atoms with E-state index in [1.54, 1.807) is 0 Å². The van der Waals surface area contributed by atoms with Crippen LogP contribution in [0.25, 0.3) is 0 Å². The maximum absolute atomic E-state index is 10.3. The van der Waals surface area contributed by atoms with Crippen molar-refractivity contribution in [2.45, 2.75) is 45.6 Å². The van der Waals surface area contributed by atoms with Gasteiger partial charge in [0.2, 0.25) is 0 Å². The number of hydrogen-bond acceptors (Lipinski definition) is 5. The second-order valence-electron chi connectivity index (χ2n) is 6.41. The molecule has 0 aromatic rings. The van der Waals surface area contributed by atoms with Gasteiger partial charge < -0.3 is 24.7 Å². The van der Waals surface area contributed by atoms with Crippen LogP contribution in [0.2, 0.25) is 0 Å². The third-order valence-corrected chi connectivity index (χ3v) is 4.19. The Kier molecular flexibility index (Phi) is 6.90. The molecule has 0 spiro atoms. The first kappa shape index (κ1) is 17.0. The van der Waals surface area contributed by atoms with Crippen LogP contribution in [0.5, 0.6) is 0 Å². The van der Waals surface area contributed by atoms with Crippen molar-refractivity contribution in [3.05, 3.63) is 24.8 Å². The van der Waals surface area contributed by atoms with Gasteiger partial charge in [-0.1, -0.05) is 26.7 Å². The minimum absolute atomic E-state index is 0.313. The molecule has 0 aromatic heterocycles. The molecule has 5 heteroatoms. The minimum Gasteiger partial charge on any atom is -0.389 e. The lowest BCUT2D eigenvalue weighted by Gasteiger charge is -2.27. The largest absolute Gasteiger partial charge is 0.389 e. The van der Waals surface area contributed by atoms with Gasteiger partial charge in [0.1, 0.15) is 0 Å². The van der Waals surface area contributed by atoms with E-state index in [1.165, 1.54) is 25.7 Å². The van der Waals surface area contributed by atoms with E-state index in [0.717, 1.165) is 26.4 Å². The molecule has 126 valence electrons. The fraction of sp³-hybridized carbons (Fsp3) is 0.765. The summed E-state index contributed by atoms with van der Waals surface area (Å²) in [6.45, 7) is 9.90. The van der Waals surface area contributed by atoms with E-state index in [9.17, 15) is 5.11 Å². The van der Waals surface area contributed by atoms with Gasteiger partial charge >= 0.3 is 0 Å². The zero-order chi connectivity index (χ0) is 15.8. The molecule has 0 bridgehead atoms. The summed E-state index contributed by atoms with van der Waals surface area (Å²) in [6.07, 6.45) is 13.1. The number of unbranched alkanes of at least 4 members (excludes halogenated alkanes) is 2. The van der Waals surface area contributed by atoms with E-state index in [4.69, 9.17) is 0 Å². The lowest BCUT2D eigenvalue weighted by Crippen LogP contribution is -2.39. The summed E-state index contributed by atoms with van der Waals surface area (Å²) in [5, 5.41) is 10.3. The molecule has 0 aromatic carbocycles. The van der Waals surface area contributed by atoms with Crippen LogP contribution in [0.15, 0.2) is 24.8 Å². The molecule has 2 rings (SSSR count). The summed E-state index contributed by atoms with van der Waals surface area (Å²) < 4.78 is 0. The SMILES string of the molecule is CCCCN1C=CN(CC(O)CN2C=CN(CCCC)C2)C1. The molecule has 0 aliphatic carbocycles. The van der Waals surface area contributed by atoms with Gasteiger partial charge in [0.05, 0.1) is 19.4 Å². The monoisotopic (exact) mass is 308 g/mol. The topological polar surface area (TPSA) is 33.2 Å². The van der Waals surface area contributed by atoms with Gasteiger partial charge in [0, 0.05) is 51.0 Å². The van der Waals surface area contributed by atoms with Crippen LogP contribution in [0.3, 0.4) is 0 Å². The van der Waals surface area contributed by atoms with E-state index in [-0.39, 0.29) is 6.10 Å². The molecule has 1 N–H and O–H groups in total. The Morgan fingerprint density at radius 1 is 0.773 bits per heavy atom. The third kappa shape index (κ3) is 5.44. The van der Waals surface area contributed by atoms with Crippen molar-refractivity contribution in [2.24, 2.45) is 0 Å². The van der Waals surface area contributed by atoms with Crippen LogP contribution >= 0.6 is 0 Å². The normalized spacial score (nSPS) is 17.6. The molecule has 0 atom stereocenters. The van der Waals surface area contributed by atoms with E-state index in [0.29, 0.717) is 13.1 Å². The van der Waals surface area contributed by atoms with E-state index < -0.39 is 0 Å². The molecular formula is C17H32N4O.